The minimum Gasteiger partial charge on any atom is -0.397 e. The van der Waals surface area contributed by atoms with Crippen LogP contribution < -0.4 is 16.4 Å². The molecule has 0 radical (unpaired) electrons. The summed E-state index contributed by atoms with van der Waals surface area (Å²) >= 11 is 0. The summed E-state index contributed by atoms with van der Waals surface area (Å²) in [5.41, 5.74) is 13.3. The standard InChI is InChI=1S/C10H15N3O2S/c11-9-2-1-8(7-10(9)12)13-3-5-16(14,15)6-4-13/h1-2,7H,3-6,11-12H2. The van der Waals surface area contributed by atoms with E-state index in [9.17, 15) is 8.42 Å². The van der Waals surface area contributed by atoms with E-state index in [2.05, 4.69) is 0 Å². The van der Waals surface area contributed by atoms with E-state index in [1.165, 1.54) is 0 Å². The zero-order valence-corrected chi connectivity index (χ0v) is 9.70. The second kappa shape index (κ2) is 3.86. The van der Waals surface area contributed by atoms with E-state index in [-0.39, 0.29) is 11.5 Å². The van der Waals surface area contributed by atoms with Crippen LogP contribution in [-0.4, -0.2) is 33.0 Å². The van der Waals surface area contributed by atoms with Crippen molar-refractivity contribution < 1.29 is 8.42 Å². The molecule has 1 aromatic carbocycles. The van der Waals surface area contributed by atoms with E-state index in [0.717, 1.165) is 5.69 Å². The smallest absolute Gasteiger partial charge is 0.153 e. The fourth-order valence-corrected chi connectivity index (χ4v) is 2.93. The van der Waals surface area contributed by atoms with Gasteiger partial charge < -0.3 is 16.4 Å². The lowest BCUT2D eigenvalue weighted by Crippen LogP contribution is -2.40. The minimum absolute atomic E-state index is 0.206. The van der Waals surface area contributed by atoms with Crippen molar-refractivity contribution in [3.05, 3.63) is 18.2 Å². The zero-order chi connectivity index (χ0) is 11.8. The number of rotatable bonds is 1. The second-order valence-corrected chi connectivity index (χ2v) is 6.26. The van der Waals surface area contributed by atoms with Crippen molar-refractivity contribution in [3.63, 3.8) is 0 Å². The third-order valence-electron chi connectivity index (χ3n) is 2.78. The Morgan fingerprint density at radius 3 is 2.25 bits per heavy atom. The molecule has 1 aliphatic heterocycles. The summed E-state index contributed by atoms with van der Waals surface area (Å²) in [6.07, 6.45) is 0. The highest BCUT2D eigenvalue weighted by Gasteiger charge is 2.21. The molecule has 1 aromatic rings. The zero-order valence-electron chi connectivity index (χ0n) is 8.89. The summed E-state index contributed by atoms with van der Waals surface area (Å²) in [5, 5.41) is 0. The monoisotopic (exact) mass is 241 g/mol. The lowest BCUT2D eigenvalue weighted by atomic mass is 10.2. The molecule has 0 aliphatic carbocycles. The molecule has 0 atom stereocenters. The predicted molar refractivity (Wildman–Crippen MR) is 66.1 cm³/mol. The summed E-state index contributed by atoms with van der Waals surface area (Å²) in [5.74, 6) is 0.411. The molecule has 0 spiro atoms. The molecule has 0 amide bonds. The molecule has 0 unspecified atom stereocenters. The number of nitrogen functional groups attached to an aromatic ring is 2. The first-order valence-electron chi connectivity index (χ1n) is 5.08. The van der Waals surface area contributed by atoms with Crippen LogP contribution in [0.15, 0.2) is 18.2 Å². The number of benzene rings is 1. The van der Waals surface area contributed by atoms with Crippen LogP contribution in [0.4, 0.5) is 17.1 Å². The van der Waals surface area contributed by atoms with Crippen LogP contribution in [0.5, 0.6) is 0 Å². The number of nitrogens with two attached hydrogens (primary N) is 2. The van der Waals surface area contributed by atoms with Gasteiger partial charge in [-0.25, -0.2) is 8.42 Å². The van der Waals surface area contributed by atoms with Gasteiger partial charge in [0.1, 0.15) is 0 Å². The van der Waals surface area contributed by atoms with Crippen molar-refractivity contribution in [1.29, 1.82) is 0 Å². The summed E-state index contributed by atoms with van der Waals surface area (Å²) in [6, 6.07) is 5.39. The number of anilines is 3. The first-order chi connectivity index (χ1) is 7.48. The van der Waals surface area contributed by atoms with Crippen LogP contribution in [0.25, 0.3) is 0 Å². The van der Waals surface area contributed by atoms with Gasteiger partial charge in [0.2, 0.25) is 0 Å². The third-order valence-corrected chi connectivity index (χ3v) is 4.39. The summed E-state index contributed by atoms with van der Waals surface area (Å²) in [7, 11) is -2.84. The maximum atomic E-state index is 11.3. The van der Waals surface area contributed by atoms with Crippen molar-refractivity contribution >= 4 is 26.9 Å². The van der Waals surface area contributed by atoms with Crippen LogP contribution >= 0.6 is 0 Å². The number of hydrogen-bond acceptors (Lipinski definition) is 5. The average Bonchev–Trinajstić information content (AvgIpc) is 2.22. The lowest BCUT2D eigenvalue weighted by molar-refractivity contribution is 0.587. The van der Waals surface area contributed by atoms with Crippen molar-refractivity contribution in [2.45, 2.75) is 0 Å². The first kappa shape index (κ1) is 11.1. The Morgan fingerprint density at radius 1 is 1.06 bits per heavy atom. The molecule has 1 fully saturated rings. The van der Waals surface area contributed by atoms with E-state index in [0.29, 0.717) is 24.5 Å². The molecule has 1 saturated heterocycles. The van der Waals surface area contributed by atoms with Gasteiger partial charge in [-0.3, -0.25) is 0 Å². The molecular formula is C10H15N3O2S. The molecule has 2 rings (SSSR count). The number of nitrogens with zero attached hydrogens (tertiary/aromatic N) is 1. The number of hydrogen-bond donors (Lipinski definition) is 2. The van der Waals surface area contributed by atoms with Crippen LogP contribution in [-0.2, 0) is 9.84 Å². The molecule has 5 nitrogen and oxygen atoms in total. The summed E-state index contributed by atoms with van der Waals surface area (Å²) in [4.78, 5) is 2.01. The van der Waals surface area contributed by atoms with E-state index in [1.807, 2.05) is 11.0 Å². The molecule has 6 heteroatoms. The quantitative estimate of drug-likeness (QED) is 0.680. The molecule has 0 aromatic heterocycles. The van der Waals surface area contributed by atoms with Gasteiger partial charge >= 0.3 is 0 Å². The van der Waals surface area contributed by atoms with Gasteiger partial charge in [-0.1, -0.05) is 0 Å². The van der Waals surface area contributed by atoms with E-state index < -0.39 is 9.84 Å². The molecule has 0 bridgehead atoms. The largest absolute Gasteiger partial charge is 0.397 e. The molecule has 1 heterocycles. The topological polar surface area (TPSA) is 89.4 Å². The van der Waals surface area contributed by atoms with Gasteiger partial charge in [-0.2, -0.15) is 0 Å². The van der Waals surface area contributed by atoms with Crippen LogP contribution in [0.2, 0.25) is 0 Å². The molecule has 88 valence electrons. The highest BCUT2D eigenvalue weighted by Crippen LogP contribution is 2.24. The fraction of sp³-hybridized carbons (Fsp3) is 0.400. The van der Waals surface area contributed by atoms with Gasteiger partial charge in [0, 0.05) is 18.8 Å². The maximum Gasteiger partial charge on any atom is 0.153 e. The summed E-state index contributed by atoms with van der Waals surface area (Å²) < 4.78 is 22.6. The van der Waals surface area contributed by atoms with E-state index in [4.69, 9.17) is 11.5 Å². The highest BCUT2D eigenvalue weighted by molar-refractivity contribution is 7.91. The van der Waals surface area contributed by atoms with Gasteiger partial charge in [-0.15, -0.1) is 0 Å². The van der Waals surface area contributed by atoms with Gasteiger partial charge in [0.15, 0.2) is 9.84 Å². The van der Waals surface area contributed by atoms with Crippen LogP contribution in [0.1, 0.15) is 0 Å². The fourth-order valence-electron chi connectivity index (χ4n) is 1.73. The van der Waals surface area contributed by atoms with Crippen molar-refractivity contribution in [3.8, 4) is 0 Å². The predicted octanol–water partition coefficient (Wildman–Crippen LogP) is 0.0858. The van der Waals surface area contributed by atoms with Crippen molar-refractivity contribution in [2.24, 2.45) is 0 Å². The Bertz CT molecular complexity index is 485. The normalized spacial score (nSPS) is 19.6. The molecule has 4 N–H and O–H groups in total. The average molecular weight is 241 g/mol. The molecule has 16 heavy (non-hydrogen) atoms. The molecular weight excluding hydrogens is 226 g/mol. The van der Waals surface area contributed by atoms with Crippen molar-refractivity contribution in [1.82, 2.24) is 0 Å². The minimum atomic E-state index is -2.84. The Balaban J connectivity index is 2.17. The van der Waals surface area contributed by atoms with Gasteiger partial charge in [-0.05, 0) is 18.2 Å². The maximum absolute atomic E-state index is 11.3. The first-order valence-corrected chi connectivity index (χ1v) is 6.90. The van der Waals surface area contributed by atoms with Crippen LogP contribution in [0, 0.1) is 0 Å². The Morgan fingerprint density at radius 2 is 1.69 bits per heavy atom. The van der Waals surface area contributed by atoms with Gasteiger partial charge in [0.05, 0.1) is 22.9 Å². The highest BCUT2D eigenvalue weighted by atomic mass is 32.2. The van der Waals surface area contributed by atoms with Crippen LogP contribution in [0.3, 0.4) is 0 Å². The summed E-state index contributed by atoms with van der Waals surface area (Å²) in [6.45, 7) is 1.04. The molecule has 1 aliphatic rings. The Labute approximate surface area is 95.0 Å². The van der Waals surface area contributed by atoms with Gasteiger partial charge in [0.25, 0.3) is 0 Å². The van der Waals surface area contributed by atoms with E-state index >= 15 is 0 Å². The molecule has 0 saturated carbocycles. The SMILES string of the molecule is Nc1ccc(N2CCS(=O)(=O)CC2)cc1N. The van der Waals surface area contributed by atoms with Crippen molar-refractivity contribution in [2.75, 3.05) is 41.0 Å². The lowest BCUT2D eigenvalue weighted by Gasteiger charge is -2.29. The second-order valence-electron chi connectivity index (χ2n) is 3.95. The Kier molecular flexibility index (Phi) is 2.67. The number of sulfone groups is 1. The third kappa shape index (κ3) is 2.21. The Hall–Kier alpha value is -1.43. The van der Waals surface area contributed by atoms with E-state index in [1.54, 1.807) is 12.1 Å².